The molecule has 100 valence electrons. The number of thiazole rings is 1. The first-order valence-electron chi connectivity index (χ1n) is 6.19. The van der Waals surface area contributed by atoms with Crippen molar-refractivity contribution in [2.45, 2.75) is 19.3 Å². The van der Waals surface area contributed by atoms with Gasteiger partial charge >= 0.3 is 5.97 Å². The van der Waals surface area contributed by atoms with E-state index in [1.54, 1.807) is 5.38 Å². The highest BCUT2D eigenvalue weighted by Gasteiger charge is 2.18. The van der Waals surface area contributed by atoms with Crippen molar-refractivity contribution in [1.82, 2.24) is 4.98 Å². The van der Waals surface area contributed by atoms with Gasteiger partial charge in [0, 0.05) is 25.0 Å². The predicted molar refractivity (Wildman–Crippen MR) is 68.7 cm³/mol. The first-order chi connectivity index (χ1) is 8.79. The van der Waals surface area contributed by atoms with Gasteiger partial charge in [-0.2, -0.15) is 0 Å². The second kappa shape index (κ2) is 6.82. The van der Waals surface area contributed by atoms with Gasteiger partial charge in [-0.15, -0.1) is 11.3 Å². The lowest BCUT2D eigenvalue weighted by Gasteiger charge is -2.21. The lowest BCUT2D eigenvalue weighted by molar-refractivity contribution is 0.0182. The third-order valence-corrected chi connectivity index (χ3v) is 3.82. The van der Waals surface area contributed by atoms with Crippen molar-refractivity contribution in [3.05, 3.63) is 16.1 Å². The molecule has 0 aromatic carbocycles. The van der Waals surface area contributed by atoms with Crippen LogP contribution in [-0.2, 0) is 15.9 Å². The first kappa shape index (κ1) is 13.5. The van der Waals surface area contributed by atoms with E-state index in [9.17, 15) is 4.79 Å². The molecule has 0 radical (unpaired) electrons. The van der Waals surface area contributed by atoms with Gasteiger partial charge in [0.25, 0.3) is 0 Å². The lowest BCUT2D eigenvalue weighted by Crippen LogP contribution is -2.22. The smallest absolute Gasteiger partial charge is 0.357 e. The molecule has 0 aliphatic carbocycles. The van der Waals surface area contributed by atoms with E-state index in [1.165, 1.54) is 11.3 Å². The number of hydrogen-bond donors (Lipinski definition) is 1. The van der Waals surface area contributed by atoms with Crippen LogP contribution in [0, 0.1) is 5.92 Å². The molecule has 2 N–H and O–H groups in total. The second-order valence-electron chi connectivity index (χ2n) is 4.32. The Morgan fingerprint density at radius 3 is 3.06 bits per heavy atom. The highest BCUT2D eigenvalue weighted by atomic mass is 32.1. The van der Waals surface area contributed by atoms with Crippen LogP contribution in [0.3, 0.4) is 0 Å². The maximum atomic E-state index is 11.8. The largest absolute Gasteiger partial charge is 0.461 e. The van der Waals surface area contributed by atoms with Crippen LogP contribution in [0.5, 0.6) is 0 Å². The van der Waals surface area contributed by atoms with Crippen molar-refractivity contribution in [1.29, 1.82) is 0 Å². The summed E-state index contributed by atoms with van der Waals surface area (Å²) in [6.45, 7) is 2.54. The zero-order chi connectivity index (χ0) is 12.8. The number of carbonyl (C=O) groups excluding carboxylic acids is 1. The predicted octanol–water partition coefficient (Wildman–Crippen LogP) is 1.23. The topological polar surface area (TPSA) is 74.4 Å². The molecule has 1 fully saturated rings. The van der Waals surface area contributed by atoms with E-state index >= 15 is 0 Å². The van der Waals surface area contributed by atoms with Crippen LogP contribution in [0.2, 0.25) is 0 Å². The van der Waals surface area contributed by atoms with Crippen LogP contribution in [-0.4, -0.2) is 37.3 Å². The summed E-state index contributed by atoms with van der Waals surface area (Å²) in [5.74, 6) is 0.0888. The van der Waals surface area contributed by atoms with Gasteiger partial charge in [0.1, 0.15) is 0 Å². The van der Waals surface area contributed by atoms with Gasteiger partial charge in [0.05, 0.1) is 11.6 Å². The summed E-state index contributed by atoms with van der Waals surface area (Å²) in [5.41, 5.74) is 5.84. The minimum absolute atomic E-state index is 0.332. The van der Waals surface area contributed by atoms with Crippen LogP contribution in [0.4, 0.5) is 0 Å². The molecule has 1 aromatic rings. The lowest BCUT2D eigenvalue weighted by atomic mass is 10.0. The first-order valence-corrected chi connectivity index (χ1v) is 7.07. The molecular formula is C12H18N2O3S. The van der Waals surface area contributed by atoms with Gasteiger partial charge in [-0.1, -0.05) is 0 Å². The minimum atomic E-state index is -0.332. The molecule has 2 heterocycles. The van der Waals surface area contributed by atoms with Gasteiger partial charge in [-0.05, 0) is 25.3 Å². The van der Waals surface area contributed by atoms with Gasteiger partial charge in [0.2, 0.25) is 0 Å². The van der Waals surface area contributed by atoms with Crippen molar-refractivity contribution in [2.24, 2.45) is 11.7 Å². The van der Waals surface area contributed by atoms with E-state index in [2.05, 4.69) is 4.98 Å². The Kier molecular flexibility index (Phi) is 5.10. The number of nitrogens with zero attached hydrogens (tertiary/aromatic N) is 1. The molecule has 0 atom stereocenters. The zero-order valence-electron chi connectivity index (χ0n) is 10.3. The average Bonchev–Trinajstić information content (AvgIpc) is 2.86. The Bertz CT molecular complexity index is 388. The highest BCUT2D eigenvalue weighted by Crippen LogP contribution is 2.16. The minimum Gasteiger partial charge on any atom is -0.461 e. The summed E-state index contributed by atoms with van der Waals surface area (Å²) < 4.78 is 10.5. The van der Waals surface area contributed by atoms with E-state index in [0.717, 1.165) is 31.1 Å². The molecule has 2 rings (SSSR count). The normalized spacial score (nSPS) is 16.7. The standard InChI is InChI=1S/C12H18N2O3S/c13-4-1-11-14-10(8-18-11)12(15)17-7-9-2-5-16-6-3-9/h8-9H,1-7,13H2. The fourth-order valence-electron chi connectivity index (χ4n) is 1.82. The summed E-state index contributed by atoms with van der Waals surface area (Å²) in [7, 11) is 0. The molecule has 0 amide bonds. The van der Waals surface area contributed by atoms with Crippen LogP contribution in [0.15, 0.2) is 5.38 Å². The summed E-state index contributed by atoms with van der Waals surface area (Å²) in [6, 6.07) is 0. The quantitative estimate of drug-likeness (QED) is 0.814. The van der Waals surface area contributed by atoms with E-state index < -0.39 is 0 Å². The maximum Gasteiger partial charge on any atom is 0.357 e. The molecule has 0 unspecified atom stereocenters. The van der Waals surface area contributed by atoms with Crippen molar-refractivity contribution in [2.75, 3.05) is 26.4 Å². The molecule has 0 spiro atoms. The molecule has 6 heteroatoms. The Balaban J connectivity index is 1.79. The number of hydrogen-bond acceptors (Lipinski definition) is 6. The van der Waals surface area contributed by atoms with E-state index in [1.807, 2.05) is 0 Å². The number of aromatic nitrogens is 1. The van der Waals surface area contributed by atoms with Crippen molar-refractivity contribution >= 4 is 17.3 Å². The molecule has 1 aromatic heterocycles. The van der Waals surface area contributed by atoms with Gasteiger partial charge < -0.3 is 15.2 Å². The molecule has 1 saturated heterocycles. The van der Waals surface area contributed by atoms with Gasteiger partial charge in [-0.25, -0.2) is 9.78 Å². The SMILES string of the molecule is NCCc1nc(C(=O)OCC2CCOCC2)cs1. The summed E-state index contributed by atoms with van der Waals surface area (Å²) in [5, 5.41) is 2.62. The highest BCUT2D eigenvalue weighted by molar-refractivity contribution is 7.09. The van der Waals surface area contributed by atoms with E-state index in [-0.39, 0.29) is 5.97 Å². The monoisotopic (exact) mass is 270 g/mol. The third kappa shape index (κ3) is 3.76. The number of rotatable bonds is 5. The molecule has 1 aliphatic heterocycles. The van der Waals surface area contributed by atoms with Crippen molar-refractivity contribution in [3.8, 4) is 0 Å². The van der Waals surface area contributed by atoms with Gasteiger partial charge in [-0.3, -0.25) is 0 Å². The zero-order valence-corrected chi connectivity index (χ0v) is 11.1. The molecule has 0 saturated carbocycles. The third-order valence-electron chi connectivity index (χ3n) is 2.91. The van der Waals surface area contributed by atoms with E-state index in [4.69, 9.17) is 15.2 Å². The van der Waals surface area contributed by atoms with Crippen LogP contribution >= 0.6 is 11.3 Å². The van der Waals surface area contributed by atoms with Crippen molar-refractivity contribution in [3.63, 3.8) is 0 Å². The molecular weight excluding hydrogens is 252 g/mol. The number of ether oxygens (including phenoxy) is 2. The number of esters is 1. The van der Waals surface area contributed by atoms with Crippen LogP contribution < -0.4 is 5.73 Å². The van der Waals surface area contributed by atoms with Gasteiger partial charge in [0.15, 0.2) is 5.69 Å². The summed E-state index contributed by atoms with van der Waals surface area (Å²) in [4.78, 5) is 16.0. The number of carbonyl (C=O) groups is 1. The second-order valence-corrected chi connectivity index (χ2v) is 5.26. The van der Waals surface area contributed by atoms with Crippen molar-refractivity contribution < 1.29 is 14.3 Å². The van der Waals surface area contributed by atoms with E-state index in [0.29, 0.717) is 31.2 Å². The average molecular weight is 270 g/mol. The molecule has 5 nitrogen and oxygen atoms in total. The fourth-order valence-corrected chi connectivity index (χ4v) is 2.61. The molecule has 0 bridgehead atoms. The maximum absolute atomic E-state index is 11.8. The number of nitrogens with two attached hydrogens (primary N) is 1. The Morgan fingerprint density at radius 1 is 1.56 bits per heavy atom. The summed E-state index contributed by atoms with van der Waals surface area (Å²) >= 11 is 1.45. The van der Waals surface area contributed by atoms with Crippen LogP contribution in [0.1, 0.15) is 28.3 Å². The molecule has 1 aliphatic rings. The van der Waals surface area contributed by atoms with Crippen LogP contribution in [0.25, 0.3) is 0 Å². The molecule has 18 heavy (non-hydrogen) atoms. The fraction of sp³-hybridized carbons (Fsp3) is 0.667. The Hall–Kier alpha value is -0.980. The summed E-state index contributed by atoms with van der Waals surface area (Å²) in [6.07, 6.45) is 2.63. The Morgan fingerprint density at radius 2 is 2.33 bits per heavy atom. The Labute approximate surface area is 110 Å².